The monoisotopic (exact) mass is 502 g/mol. The normalized spacial score (nSPS) is 14.4. The standard InChI is InChI=1S/C17H25F3N4O2.HI/c1-21-16(23-8-3-9-25-11-13-5-6-13)24-10-14-4-2-7-22-15(14)26-12-17(18,19)20;/h2,4,7,13H,3,5-6,8-12H2,1H3,(H2,21,23,24);1H. The number of rotatable bonds is 10. The lowest BCUT2D eigenvalue weighted by Crippen LogP contribution is -2.37. The van der Waals surface area contributed by atoms with Gasteiger partial charge in [0.05, 0.1) is 0 Å². The Kier molecular flexibility index (Phi) is 10.7. The summed E-state index contributed by atoms with van der Waals surface area (Å²) in [6, 6.07) is 3.30. The number of aliphatic imine (C=N–C) groups is 1. The van der Waals surface area contributed by atoms with E-state index in [2.05, 4.69) is 20.6 Å². The minimum absolute atomic E-state index is 0. The number of halogens is 4. The van der Waals surface area contributed by atoms with Gasteiger partial charge in [0, 0.05) is 45.1 Å². The van der Waals surface area contributed by atoms with Gasteiger partial charge in [0.25, 0.3) is 0 Å². The van der Waals surface area contributed by atoms with Gasteiger partial charge in [-0.2, -0.15) is 13.2 Å². The van der Waals surface area contributed by atoms with E-state index in [1.165, 1.54) is 19.0 Å². The van der Waals surface area contributed by atoms with Crippen LogP contribution in [0.15, 0.2) is 23.3 Å². The zero-order valence-electron chi connectivity index (χ0n) is 15.2. The summed E-state index contributed by atoms with van der Waals surface area (Å²) in [6.45, 7) is 1.10. The number of aromatic nitrogens is 1. The molecular formula is C17H26F3IN4O2. The third-order valence-electron chi connectivity index (χ3n) is 3.70. The van der Waals surface area contributed by atoms with E-state index < -0.39 is 12.8 Å². The molecule has 0 unspecified atom stereocenters. The largest absolute Gasteiger partial charge is 0.468 e. The van der Waals surface area contributed by atoms with Crippen LogP contribution in [-0.2, 0) is 11.3 Å². The van der Waals surface area contributed by atoms with Gasteiger partial charge in [0.15, 0.2) is 12.6 Å². The summed E-state index contributed by atoms with van der Waals surface area (Å²) < 4.78 is 47.2. The number of nitrogens with one attached hydrogen (secondary N) is 2. The number of ether oxygens (including phenoxy) is 2. The van der Waals surface area contributed by atoms with Crippen LogP contribution in [-0.4, -0.2) is 50.5 Å². The Balaban J connectivity index is 0.00000364. The summed E-state index contributed by atoms with van der Waals surface area (Å²) in [6.07, 6.45) is 0.390. The number of pyridine rings is 1. The van der Waals surface area contributed by atoms with Crippen molar-refractivity contribution >= 4 is 29.9 Å². The molecule has 1 aliphatic rings. The first-order valence-corrected chi connectivity index (χ1v) is 8.63. The third-order valence-corrected chi connectivity index (χ3v) is 3.70. The molecule has 0 spiro atoms. The minimum atomic E-state index is -4.40. The number of alkyl halides is 3. The van der Waals surface area contributed by atoms with E-state index in [1.54, 1.807) is 19.2 Å². The van der Waals surface area contributed by atoms with Crippen molar-refractivity contribution in [2.45, 2.75) is 32.0 Å². The summed E-state index contributed by atoms with van der Waals surface area (Å²) in [5.41, 5.74) is 0.521. The Bertz CT molecular complexity index is 584. The SMILES string of the molecule is CN=C(NCCCOCC1CC1)NCc1cccnc1OCC(F)(F)F.I. The van der Waals surface area contributed by atoms with Gasteiger partial charge in [-0.15, -0.1) is 24.0 Å². The van der Waals surface area contributed by atoms with Crippen LogP contribution >= 0.6 is 24.0 Å². The molecule has 154 valence electrons. The Morgan fingerprint density at radius 1 is 1.33 bits per heavy atom. The van der Waals surface area contributed by atoms with E-state index in [-0.39, 0.29) is 36.4 Å². The molecule has 0 aromatic carbocycles. The van der Waals surface area contributed by atoms with E-state index in [0.29, 0.717) is 24.7 Å². The van der Waals surface area contributed by atoms with Crippen LogP contribution in [0.3, 0.4) is 0 Å². The zero-order chi connectivity index (χ0) is 18.8. The molecule has 0 atom stereocenters. The van der Waals surface area contributed by atoms with Crippen LogP contribution in [0.1, 0.15) is 24.8 Å². The van der Waals surface area contributed by atoms with Gasteiger partial charge in [0.2, 0.25) is 5.88 Å². The van der Waals surface area contributed by atoms with Gasteiger partial charge >= 0.3 is 6.18 Å². The van der Waals surface area contributed by atoms with E-state index in [1.807, 2.05) is 0 Å². The molecule has 1 saturated carbocycles. The third kappa shape index (κ3) is 10.6. The zero-order valence-corrected chi connectivity index (χ0v) is 17.5. The number of hydrogen-bond acceptors (Lipinski definition) is 4. The maximum atomic E-state index is 12.3. The second-order valence-electron chi connectivity index (χ2n) is 6.10. The smallest absolute Gasteiger partial charge is 0.422 e. The molecule has 0 saturated heterocycles. The van der Waals surface area contributed by atoms with E-state index >= 15 is 0 Å². The summed E-state index contributed by atoms with van der Waals surface area (Å²) in [5.74, 6) is 1.27. The lowest BCUT2D eigenvalue weighted by atomic mass is 10.2. The molecule has 27 heavy (non-hydrogen) atoms. The van der Waals surface area contributed by atoms with Gasteiger partial charge < -0.3 is 20.1 Å². The van der Waals surface area contributed by atoms with Gasteiger partial charge in [-0.1, -0.05) is 6.07 Å². The summed E-state index contributed by atoms with van der Waals surface area (Å²) in [4.78, 5) is 7.95. The second-order valence-corrected chi connectivity index (χ2v) is 6.10. The fraction of sp³-hybridized carbons (Fsp3) is 0.647. The molecule has 1 heterocycles. The Morgan fingerprint density at radius 2 is 2.11 bits per heavy atom. The van der Waals surface area contributed by atoms with Crippen molar-refractivity contribution in [3.05, 3.63) is 23.9 Å². The Morgan fingerprint density at radius 3 is 2.78 bits per heavy atom. The number of hydrogen-bond donors (Lipinski definition) is 2. The molecule has 6 nitrogen and oxygen atoms in total. The predicted molar refractivity (Wildman–Crippen MR) is 108 cm³/mol. The van der Waals surface area contributed by atoms with Gasteiger partial charge in [-0.3, -0.25) is 4.99 Å². The van der Waals surface area contributed by atoms with E-state index in [9.17, 15) is 13.2 Å². The van der Waals surface area contributed by atoms with Crippen molar-refractivity contribution in [2.75, 3.05) is 33.4 Å². The van der Waals surface area contributed by atoms with Crippen LogP contribution < -0.4 is 15.4 Å². The maximum absolute atomic E-state index is 12.3. The first kappa shape index (κ1) is 23.7. The highest BCUT2D eigenvalue weighted by Gasteiger charge is 2.29. The minimum Gasteiger partial charge on any atom is -0.468 e. The van der Waals surface area contributed by atoms with Crippen LogP contribution in [0.25, 0.3) is 0 Å². The first-order chi connectivity index (χ1) is 12.5. The molecule has 0 bridgehead atoms. The highest BCUT2D eigenvalue weighted by atomic mass is 127. The fourth-order valence-corrected chi connectivity index (χ4v) is 2.15. The molecule has 1 aliphatic carbocycles. The van der Waals surface area contributed by atoms with Gasteiger partial charge in [0.1, 0.15) is 0 Å². The molecule has 1 aromatic rings. The van der Waals surface area contributed by atoms with Crippen molar-refractivity contribution in [1.82, 2.24) is 15.6 Å². The summed E-state index contributed by atoms with van der Waals surface area (Å²) in [5, 5.41) is 6.18. The number of nitrogens with zero attached hydrogens (tertiary/aromatic N) is 2. The Hall–Kier alpha value is -1.30. The quantitative estimate of drug-likeness (QED) is 0.223. The Labute approximate surface area is 174 Å². The van der Waals surface area contributed by atoms with Crippen molar-refractivity contribution < 1.29 is 22.6 Å². The highest BCUT2D eigenvalue weighted by molar-refractivity contribution is 14.0. The van der Waals surface area contributed by atoms with Crippen LogP contribution in [0, 0.1) is 5.92 Å². The summed E-state index contributed by atoms with van der Waals surface area (Å²) in [7, 11) is 1.63. The van der Waals surface area contributed by atoms with Crippen molar-refractivity contribution in [2.24, 2.45) is 10.9 Å². The average Bonchev–Trinajstić information content (AvgIpc) is 3.43. The maximum Gasteiger partial charge on any atom is 0.422 e. The molecule has 1 aromatic heterocycles. The van der Waals surface area contributed by atoms with Crippen LogP contribution in [0.4, 0.5) is 13.2 Å². The lowest BCUT2D eigenvalue weighted by molar-refractivity contribution is -0.154. The fourth-order valence-electron chi connectivity index (χ4n) is 2.15. The average molecular weight is 502 g/mol. The van der Waals surface area contributed by atoms with Crippen molar-refractivity contribution in [3.63, 3.8) is 0 Å². The first-order valence-electron chi connectivity index (χ1n) is 8.63. The van der Waals surface area contributed by atoms with Gasteiger partial charge in [-0.25, -0.2) is 4.98 Å². The van der Waals surface area contributed by atoms with Crippen molar-refractivity contribution in [1.29, 1.82) is 0 Å². The molecule has 2 rings (SSSR count). The molecular weight excluding hydrogens is 476 g/mol. The van der Waals surface area contributed by atoms with E-state index in [4.69, 9.17) is 9.47 Å². The van der Waals surface area contributed by atoms with Crippen molar-refractivity contribution in [3.8, 4) is 5.88 Å². The molecule has 0 amide bonds. The molecule has 10 heteroatoms. The van der Waals surface area contributed by atoms with Crippen LogP contribution in [0.5, 0.6) is 5.88 Å². The number of guanidine groups is 1. The topological polar surface area (TPSA) is 67.8 Å². The second kappa shape index (κ2) is 12.2. The summed E-state index contributed by atoms with van der Waals surface area (Å²) >= 11 is 0. The highest BCUT2D eigenvalue weighted by Crippen LogP contribution is 2.28. The van der Waals surface area contributed by atoms with E-state index in [0.717, 1.165) is 18.9 Å². The predicted octanol–water partition coefficient (Wildman–Crippen LogP) is 3.12. The molecule has 1 fully saturated rings. The molecule has 0 aliphatic heterocycles. The molecule has 0 radical (unpaired) electrons. The lowest BCUT2D eigenvalue weighted by Gasteiger charge is -2.14. The molecule has 2 N–H and O–H groups in total. The van der Waals surface area contributed by atoms with Crippen LogP contribution in [0.2, 0.25) is 0 Å². The van der Waals surface area contributed by atoms with Gasteiger partial charge in [-0.05, 0) is 31.2 Å².